The van der Waals surface area contributed by atoms with Gasteiger partial charge in [-0.1, -0.05) is 0 Å². The summed E-state index contributed by atoms with van der Waals surface area (Å²) in [6.07, 6.45) is -0.421. The quantitative estimate of drug-likeness (QED) is 0.322. The van der Waals surface area contributed by atoms with Crippen molar-refractivity contribution in [1.29, 1.82) is 0 Å². The first-order chi connectivity index (χ1) is 2.27. The Morgan fingerprint density at radius 1 is 2.00 bits per heavy atom. The standard InChI is InChI=1S/C2H7N2O/c1-2(3)4-5/h2,4H,3H2,1H3/q-1. The minimum absolute atomic E-state index is 0.421. The van der Waals surface area contributed by atoms with Crippen molar-refractivity contribution in [1.82, 2.24) is 5.48 Å². The van der Waals surface area contributed by atoms with Crippen LogP contribution in [0.5, 0.6) is 0 Å². The van der Waals surface area contributed by atoms with E-state index in [-0.39, 0.29) is 0 Å². The maximum absolute atomic E-state index is 9.25. The fourth-order valence-electron chi connectivity index (χ4n) is 0. The van der Waals surface area contributed by atoms with Crippen molar-refractivity contribution in [3.8, 4) is 0 Å². The molecule has 0 saturated heterocycles. The predicted octanol–water partition coefficient (Wildman–Crippen LogP) is -0.621. The van der Waals surface area contributed by atoms with Gasteiger partial charge in [-0.3, -0.25) is 0 Å². The van der Waals surface area contributed by atoms with Crippen LogP contribution in [0.4, 0.5) is 0 Å². The van der Waals surface area contributed by atoms with Crippen LogP contribution in [0.1, 0.15) is 6.92 Å². The lowest BCUT2D eigenvalue weighted by Gasteiger charge is -2.09. The zero-order chi connectivity index (χ0) is 4.28. The summed E-state index contributed by atoms with van der Waals surface area (Å²) in [6, 6.07) is 0. The normalized spacial score (nSPS) is 15.0. The van der Waals surface area contributed by atoms with E-state index in [0.29, 0.717) is 0 Å². The molecule has 0 fully saturated rings. The molecule has 32 valence electrons. The van der Waals surface area contributed by atoms with Crippen LogP contribution in [-0.2, 0) is 0 Å². The third kappa shape index (κ3) is 3.88. The molecule has 1 unspecified atom stereocenters. The van der Waals surface area contributed by atoms with Gasteiger partial charge in [-0.15, -0.1) is 0 Å². The van der Waals surface area contributed by atoms with E-state index in [9.17, 15) is 5.21 Å². The smallest absolute Gasteiger partial charge is 0.0402 e. The first-order valence-corrected chi connectivity index (χ1v) is 1.40. The number of nitrogens with one attached hydrogen (secondary N) is 1. The number of rotatable bonds is 1. The molecule has 0 aliphatic carbocycles. The zero-order valence-corrected chi connectivity index (χ0v) is 3.06. The minimum atomic E-state index is -0.421. The molecule has 5 heavy (non-hydrogen) atoms. The lowest BCUT2D eigenvalue weighted by atomic mass is 10.7. The molecule has 0 radical (unpaired) electrons. The van der Waals surface area contributed by atoms with E-state index >= 15 is 0 Å². The Hall–Kier alpha value is -0.120. The highest BCUT2D eigenvalue weighted by molar-refractivity contribution is 4.45. The van der Waals surface area contributed by atoms with Gasteiger partial charge >= 0.3 is 0 Å². The lowest BCUT2D eigenvalue weighted by Crippen LogP contribution is -2.28. The first-order valence-electron chi connectivity index (χ1n) is 1.40. The van der Waals surface area contributed by atoms with E-state index < -0.39 is 6.17 Å². The van der Waals surface area contributed by atoms with Crippen molar-refractivity contribution in [3.05, 3.63) is 5.21 Å². The molecule has 0 aliphatic rings. The monoisotopic (exact) mass is 75.1 g/mol. The van der Waals surface area contributed by atoms with Crippen LogP contribution in [0.2, 0.25) is 0 Å². The average Bonchev–Trinajstić information content (AvgIpc) is 1.38. The second-order valence-electron chi connectivity index (χ2n) is 0.907. The van der Waals surface area contributed by atoms with E-state index in [4.69, 9.17) is 5.73 Å². The van der Waals surface area contributed by atoms with Gasteiger partial charge in [-0.25, -0.2) is 0 Å². The third-order valence-electron chi connectivity index (χ3n) is 0.186. The maximum Gasteiger partial charge on any atom is 0.0402 e. The van der Waals surface area contributed by atoms with Gasteiger partial charge in [0.05, 0.1) is 0 Å². The van der Waals surface area contributed by atoms with Crippen LogP contribution in [0.25, 0.3) is 0 Å². The van der Waals surface area contributed by atoms with Gasteiger partial charge in [0.15, 0.2) is 0 Å². The number of hydrogen-bond acceptors (Lipinski definition) is 3. The molecular weight excluding hydrogens is 68.0 g/mol. The molecule has 0 heterocycles. The van der Waals surface area contributed by atoms with Crippen LogP contribution < -0.4 is 11.2 Å². The van der Waals surface area contributed by atoms with Gasteiger partial charge in [0.1, 0.15) is 0 Å². The fourth-order valence-corrected chi connectivity index (χ4v) is 0. The summed E-state index contributed by atoms with van der Waals surface area (Å²) in [6.45, 7) is 1.58. The molecule has 3 nitrogen and oxygen atoms in total. The summed E-state index contributed by atoms with van der Waals surface area (Å²) in [4.78, 5) is 0. The third-order valence-corrected chi connectivity index (χ3v) is 0.186. The summed E-state index contributed by atoms with van der Waals surface area (Å²) < 4.78 is 0. The van der Waals surface area contributed by atoms with Gasteiger partial charge in [0, 0.05) is 6.17 Å². The molecule has 0 rings (SSSR count). The molecule has 0 spiro atoms. The predicted molar refractivity (Wildman–Crippen MR) is 20.2 cm³/mol. The lowest BCUT2D eigenvalue weighted by molar-refractivity contribution is 0.673. The minimum Gasteiger partial charge on any atom is -0.787 e. The largest absolute Gasteiger partial charge is 0.787 e. The highest BCUT2D eigenvalue weighted by Crippen LogP contribution is 1.54. The molecule has 0 aromatic carbocycles. The molecule has 0 aliphatic heterocycles. The Morgan fingerprint density at radius 3 is 2.20 bits per heavy atom. The fraction of sp³-hybridized carbons (Fsp3) is 1.00. The second-order valence-corrected chi connectivity index (χ2v) is 0.907. The molecule has 3 heteroatoms. The van der Waals surface area contributed by atoms with Crippen LogP contribution in [-0.4, -0.2) is 6.17 Å². The van der Waals surface area contributed by atoms with E-state index in [1.807, 2.05) is 0 Å². The summed E-state index contributed by atoms with van der Waals surface area (Å²) >= 11 is 0. The van der Waals surface area contributed by atoms with Crippen molar-refractivity contribution in [2.24, 2.45) is 5.73 Å². The Morgan fingerprint density at radius 2 is 2.20 bits per heavy atom. The van der Waals surface area contributed by atoms with Gasteiger partial charge < -0.3 is 16.4 Å². The zero-order valence-electron chi connectivity index (χ0n) is 3.06. The summed E-state index contributed by atoms with van der Waals surface area (Å²) in [5.74, 6) is 0. The van der Waals surface area contributed by atoms with Gasteiger partial charge in [0.25, 0.3) is 0 Å². The Kier molecular flexibility index (Phi) is 2.09. The topological polar surface area (TPSA) is 61.1 Å². The maximum atomic E-state index is 9.25. The van der Waals surface area contributed by atoms with E-state index in [1.165, 1.54) is 0 Å². The highest BCUT2D eigenvalue weighted by atomic mass is 16.5. The Balaban J connectivity index is 2.54. The van der Waals surface area contributed by atoms with Crippen molar-refractivity contribution >= 4 is 0 Å². The van der Waals surface area contributed by atoms with Gasteiger partial charge in [0.2, 0.25) is 0 Å². The summed E-state index contributed by atoms with van der Waals surface area (Å²) in [5.41, 5.74) is 6.42. The number of hydrogen-bond donors (Lipinski definition) is 2. The van der Waals surface area contributed by atoms with Crippen LogP contribution in [0.3, 0.4) is 0 Å². The SMILES string of the molecule is CC(N)N[O-]. The van der Waals surface area contributed by atoms with Gasteiger partial charge in [-0.05, 0) is 6.92 Å². The number of hydroxylamine groups is 1. The molecule has 0 bridgehead atoms. The molecule has 0 amide bonds. The molecule has 0 aromatic rings. The van der Waals surface area contributed by atoms with Crippen LogP contribution in [0.15, 0.2) is 0 Å². The van der Waals surface area contributed by atoms with Gasteiger partial charge in [-0.2, -0.15) is 0 Å². The molecule has 3 N–H and O–H groups in total. The molecule has 0 saturated carbocycles. The average molecular weight is 75.1 g/mol. The van der Waals surface area contributed by atoms with Crippen molar-refractivity contribution in [3.63, 3.8) is 0 Å². The van der Waals surface area contributed by atoms with E-state index in [2.05, 4.69) is 0 Å². The molecule has 0 aromatic heterocycles. The van der Waals surface area contributed by atoms with Crippen LogP contribution >= 0.6 is 0 Å². The first kappa shape index (κ1) is 4.88. The molecular formula is C2H7N2O-. The second kappa shape index (κ2) is 2.14. The number of nitrogens with two attached hydrogens (primary N) is 1. The van der Waals surface area contributed by atoms with Crippen molar-refractivity contribution in [2.75, 3.05) is 0 Å². The van der Waals surface area contributed by atoms with Crippen LogP contribution in [0, 0.1) is 5.21 Å². The Labute approximate surface area is 30.7 Å². The van der Waals surface area contributed by atoms with E-state index in [1.54, 1.807) is 12.4 Å². The van der Waals surface area contributed by atoms with Crippen molar-refractivity contribution < 1.29 is 0 Å². The van der Waals surface area contributed by atoms with E-state index in [0.717, 1.165) is 0 Å². The summed E-state index contributed by atoms with van der Waals surface area (Å²) in [7, 11) is 0. The highest BCUT2D eigenvalue weighted by Gasteiger charge is 1.70. The Bertz CT molecular complexity index is 21.6. The molecule has 1 atom stereocenters. The summed E-state index contributed by atoms with van der Waals surface area (Å²) in [5, 5.41) is 9.25. The van der Waals surface area contributed by atoms with Crippen molar-refractivity contribution in [2.45, 2.75) is 13.1 Å².